The first-order valence-electron chi connectivity index (χ1n) is 9.74. The largest absolute Gasteiger partial charge is 0.370 e. The van der Waals surface area contributed by atoms with Crippen LogP contribution in [0.15, 0.2) is 64.1 Å². The number of benzene rings is 2. The van der Waals surface area contributed by atoms with Crippen molar-refractivity contribution in [3.05, 3.63) is 75.9 Å². The molecule has 0 saturated carbocycles. The Morgan fingerprint density at radius 3 is 2.52 bits per heavy atom. The van der Waals surface area contributed by atoms with E-state index in [0.717, 1.165) is 23.8 Å². The van der Waals surface area contributed by atoms with Gasteiger partial charge in [0, 0.05) is 29.7 Å². The zero-order chi connectivity index (χ0) is 23.6. The summed E-state index contributed by atoms with van der Waals surface area (Å²) >= 11 is 9.75. The highest BCUT2D eigenvalue weighted by Crippen LogP contribution is 2.30. The summed E-state index contributed by atoms with van der Waals surface area (Å²) in [5.41, 5.74) is 1.95. The molecule has 0 saturated heterocycles. The van der Waals surface area contributed by atoms with Crippen LogP contribution in [0.2, 0.25) is 5.02 Å². The Morgan fingerprint density at radius 2 is 1.79 bits per heavy atom. The third kappa shape index (κ3) is 5.01. The van der Waals surface area contributed by atoms with Crippen LogP contribution in [0.25, 0.3) is 16.9 Å². The molecule has 2 heterocycles. The number of aromatic nitrogens is 3. The van der Waals surface area contributed by atoms with Crippen molar-refractivity contribution in [1.82, 2.24) is 19.3 Å². The standard InChI is InChI=1S/C21H17BrClF2N5O2S/c22-14-12-27-30-19(11-18(29-21(14)30)13-5-1-2-6-15(13)23)26-9-4-10-28-33(31,32)20-16(24)7-3-8-17(20)25/h1-3,5-8,11-12,26,28H,4,9-10H2. The summed E-state index contributed by atoms with van der Waals surface area (Å²) in [4.78, 5) is 3.63. The second-order valence-electron chi connectivity index (χ2n) is 6.96. The number of anilines is 1. The average Bonchev–Trinajstić information content (AvgIpc) is 3.14. The van der Waals surface area contributed by atoms with Gasteiger partial charge in [0.2, 0.25) is 10.0 Å². The Morgan fingerprint density at radius 1 is 1.06 bits per heavy atom. The van der Waals surface area contributed by atoms with Gasteiger partial charge in [-0.3, -0.25) is 0 Å². The van der Waals surface area contributed by atoms with Crippen LogP contribution in [0.4, 0.5) is 14.6 Å². The van der Waals surface area contributed by atoms with E-state index in [0.29, 0.717) is 39.6 Å². The zero-order valence-corrected chi connectivity index (χ0v) is 20.1. The molecular formula is C21H17BrClF2N5O2S. The number of rotatable bonds is 8. The highest BCUT2D eigenvalue weighted by atomic mass is 79.9. The van der Waals surface area contributed by atoms with Gasteiger partial charge in [-0.25, -0.2) is 26.9 Å². The lowest BCUT2D eigenvalue weighted by Gasteiger charge is -2.12. The second-order valence-corrected chi connectivity index (χ2v) is 9.93. The zero-order valence-electron chi connectivity index (χ0n) is 16.9. The number of fused-ring (bicyclic) bond motifs is 1. The Bertz CT molecular complexity index is 1410. The number of nitrogens with one attached hydrogen (secondary N) is 2. The van der Waals surface area contributed by atoms with E-state index < -0.39 is 26.6 Å². The van der Waals surface area contributed by atoms with Gasteiger partial charge >= 0.3 is 0 Å². The maximum absolute atomic E-state index is 13.8. The van der Waals surface area contributed by atoms with Crippen LogP contribution in [0.1, 0.15) is 6.42 Å². The topological polar surface area (TPSA) is 88.4 Å². The minimum atomic E-state index is -4.32. The van der Waals surface area contributed by atoms with Crippen LogP contribution in [0, 0.1) is 11.6 Å². The molecule has 172 valence electrons. The van der Waals surface area contributed by atoms with E-state index in [1.807, 2.05) is 18.2 Å². The minimum absolute atomic E-state index is 0.0303. The molecule has 7 nitrogen and oxygen atoms in total. The summed E-state index contributed by atoms with van der Waals surface area (Å²) in [6.07, 6.45) is 1.95. The summed E-state index contributed by atoms with van der Waals surface area (Å²) in [5.74, 6) is -1.67. The molecule has 4 aromatic rings. The number of sulfonamides is 1. The average molecular weight is 557 g/mol. The van der Waals surface area contributed by atoms with E-state index in [9.17, 15) is 17.2 Å². The van der Waals surface area contributed by atoms with E-state index in [1.54, 1.807) is 22.8 Å². The van der Waals surface area contributed by atoms with Crippen LogP contribution in [-0.4, -0.2) is 36.1 Å². The number of hydrogen-bond donors (Lipinski definition) is 2. The molecule has 0 aliphatic heterocycles. The lowest BCUT2D eigenvalue weighted by Crippen LogP contribution is -2.28. The van der Waals surface area contributed by atoms with Gasteiger partial charge < -0.3 is 5.32 Å². The third-order valence-electron chi connectivity index (χ3n) is 4.72. The summed E-state index contributed by atoms with van der Waals surface area (Å²) in [6, 6.07) is 12.0. The summed E-state index contributed by atoms with van der Waals surface area (Å²) in [6.45, 7) is 0.318. The maximum Gasteiger partial charge on any atom is 0.246 e. The van der Waals surface area contributed by atoms with Gasteiger partial charge in [0.1, 0.15) is 17.5 Å². The molecule has 0 atom stereocenters. The summed E-state index contributed by atoms with van der Waals surface area (Å²) in [7, 11) is -4.32. The fourth-order valence-electron chi connectivity index (χ4n) is 3.19. The number of hydrogen-bond acceptors (Lipinski definition) is 5. The summed E-state index contributed by atoms with van der Waals surface area (Å²) < 4.78 is 56.6. The predicted molar refractivity (Wildman–Crippen MR) is 126 cm³/mol. The highest BCUT2D eigenvalue weighted by Gasteiger charge is 2.23. The quantitative estimate of drug-likeness (QED) is 0.302. The monoisotopic (exact) mass is 555 g/mol. The van der Waals surface area contributed by atoms with Gasteiger partial charge in [-0.2, -0.15) is 9.61 Å². The van der Waals surface area contributed by atoms with Crippen molar-refractivity contribution in [2.24, 2.45) is 0 Å². The van der Waals surface area contributed by atoms with Gasteiger partial charge in [0.05, 0.1) is 16.4 Å². The van der Waals surface area contributed by atoms with Crippen molar-refractivity contribution in [3.63, 3.8) is 0 Å². The Hall–Kier alpha value is -2.60. The molecule has 0 unspecified atom stereocenters. The molecule has 12 heteroatoms. The van der Waals surface area contributed by atoms with Crippen molar-refractivity contribution < 1.29 is 17.2 Å². The van der Waals surface area contributed by atoms with Crippen molar-refractivity contribution in [2.75, 3.05) is 18.4 Å². The fraction of sp³-hybridized carbons (Fsp3) is 0.143. The molecule has 0 spiro atoms. The molecule has 2 aromatic carbocycles. The van der Waals surface area contributed by atoms with Gasteiger partial charge in [-0.1, -0.05) is 35.9 Å². The molecule has 0 radical (unpaired) electrons. The lowest BCUT2D eigenvalue weighted by atomic mass is 10.1. The van der Waals surface area contributed by atoms with Crippen LogP contribution < -0.4 is 10.0 Å². The normalized spacial score (nSPS) is 11.8. The van der Waals surface area contributed by atoms with Crippen LogP contribution in [0.5, 0.6) is 0 Å². The third-order valence-corrected chi connectivity index (χ3v) is 7.12. The molecule has 0 bridgehead atoms. The molecular weight excluding hydrogens is 540 g/mol. The van der Waals surface area contributed by atoms with E-state index in [2.05, 4.69) is 36.1 Å². The van der Waals surface area contributed by atoms with Crippen LogP contribution in [-0.2, 0) is 10.0 Å². The van der Waals surface area contributed by atoms with Gasteiger partial charge in [0.25, 0.3) is 0 Å². The smallest absolute Gasteiger partial charge is 0.246 e. The molecule has 4 rings (SSSR count). The van der Waals surface area contributed by atoms with Crippen molar-refractivity contribution >= 4 is 49.0 Å². The number of halogens is 4. The van der Waals surface area contributed by atoms with E-state index in [4.69, 9.17) is 11.6 Å². The molecule has 33 heavy (non-hydrogen) atoms. The molecule has 2 N–H and O–H groups in total. The van der Waals surface area contributed by atoms with Gasteiger partial charge in [-0.15, -0.1) is 0 Å². The van der Waals surface area contributed by atoms with E-state index in [-0.39, 0.29) is 6.54 Å². The first-order chi connectivity index (χ1) is 15.8. The van der Waals surface area contributed by atoms with Crippen LogP contribution >= 0.6 is 27.5 Å². The highest BCUT2D eigenvalue weighted by molar-refractivity contribution is 9.10. The molecule has 2 aromatic heterocycles. The molecule has 0 aliphatic carbocycles. The Kier molecular flexibility index (Phi) is 6.94. The molecule has 0 aliphatic rings. The SMILES string of the molecule is O=S(=O)(NCCCNc1cc(-c2ccccc2Cl)nc2c(Br)cnn12)c1c(F)cccc1F. The first-order valence-corrected chi connectivity index (χ1v) is 12.4. The molecule has 0 amide bonds. The van der Waals surface area contributed by atoms with Gasteiger partial charge in [-0.05, 0) is 40.5 Å². The maximum atomic E-state index is 13.8. The van der Waals surface area contributed by atoms with Crippen molar-refractivity contribution in [3.8, 4) is 11.3 Å². The van der Waals surface area contributed by atoms with E-state index in [1.165, 1.54) is 0 Å². The number of nitrogens with zero attached hydrogens (tertiary/aromatic N) is 3. The Labute approximate surface area is 202 Å². The van der Waals surface area contributed by atoms with Crippen molar-refractivity contribution in [2.45, 2.75) is 11.3 Å². The lowest BCUT2D eigenvalue weighted by molar-refractivity contribution is 0.513. The first kappa shape index (κ1) is 23.6. The van der Waals surface area contributed by atoms with Gasteiger partial charge in [0.15, 0.2) is 10.5 Å². The summed E-state index contributed by atoms with van der Waals surface area (Å²) in [5, 5.41) is 8.03. The second kappa shape index (κ2) is 9.72. The fourth-order valence-corrected chi connectivity index (χ4v) is 4.98. The molecule has 0 fully saturated rings. The van der Waals surface area contributed by atoms with Crippen molar-refractivity contribution in [1.29, 1.82) is 0 Å². The van der Waals surface area contributed by atoms with Crippen LogP contribution in [0.3, 0.4) is 0 Å². The van der Waals surface area contributed by atoms with E-state index >= 15 is 0 Å². The Balaban J connectivity index is 1.47. The minimum Gasteiger partial charge on any atom is -0.370 e. The predicted octanol–water partition coefficient (Wildman–Crippen LogP) is 4.87.